The maximum Gasteiger partial charge on any atom is 0.230 e. The van der Waals surface area contributed by atoms with E-state index in [9.17, 15) is 13.6 Å². The molecule has 0 bridgehead atoms. The van der Waals surface area contributed by atoms with Crippen LogP contribution in [0.1, 0.15) is 45.1 Å². The van der Waals surface area contributed by atoms with Gasteiger partial charge in [0.15, 0.2) is 11.6 Å². The minimum absolute atomic E-state index is 0.120. The minimum Gasteiger partial charge on any atom is -0.338 e. The fraction of sp³-hybridized carbons (Fsp3) is 0.650. The minimum atomic E-state index is -0.850. The summed E-state index contributed by atoms with van der Waals surface area (Å²) in [5.74, 6) is -0.905. The molecule has 3 nitrogen and oxygen atoms in total. The van der Waals surface area contributed by atoms with Crippen LogP contribution in [-0.4, -0.2) is 41.9 Å². The Morgan fingerprint density at radius 1 is 1.20 bits per heavy atom. The highest BCUT2D eigenvalue weighted by atomic mass is 19.2. The molecule has 2 fully saturated rings. The van der Waals surface area contributed by atoms with Gasteiger partial charge in [0.2, 0.25) is 5.91 Å². The molecule has 3 rings (SSSR count). The lowest BCUT2D eigenvalue weighted by Crippen LogP contribution is -2.49. The zero-order valence-corrected chi connectivity index (χ0v) is 15.2. The molecule has 0 aliphatic carbocycles. The average Bonchev–Trinajstić information content (AvgIpc) is 2.98. The van der Waals surface area contributed by atoms with Gasteiger partial charge in [-0.15, -0.1) is 0 Å². The molecule has 1 unspecified atom stereocenters. The smallest absolute Gasteiger partial charge is 0.230 e. The molecule has 1 aromatic carbocycles. The van der Waals surface area contributed by atoms with Crippen LogP contribution >= 0.6 is 0 Å². The zero-order valence-electron chi connectivity index (χ0n) is 15.2. The van der Waals surface area contributed by atoms with Crippen molar-refractivity contribution in [2.24, 2.45) is 11.3 Å². The molecule has 5 heteroatoms. The van der Waals surface area contributed by atoms with E-state index in [-0.39, 0.29) is 23.4 Å². The second-order valence-electron chi connectivity index (χ2n) is 8.03. The van der Waals surface area contributed by atoms with Crippen molar-refractivity contribution in [3.8, 4) is 0 Å². The highest BCUT2D eigenvalue weighted by molar-refractivity contribution is 5.84. The molecule has 138 valence electrons. The number of hydrogen-bond acceptors (Lipinski definition) is 2. The van der Waals surface area contributed by atoms with Gasteiger partial charge in [-0.25, -0.2) is 8.78 Å². The number of hydrogen-bond donors (Lipinski definition) is 0. The Bertz CT molecular complexity index is 634. The molecule has 0 N–H and O–H groups in total. The molecular weight excluding hydrogens is 322 g/mol. The number of rotatable bonds is 5. The first-order valence-electron chi connectivity index (χ1n) is 9.36. The summed E-state index contributed by atoms with van der Waals surface area (Å²) in [4.78, 5) is 17.2. The third-order valence-corrected chi connectivity index (χ3v) is 5.67. The summed E-state index contributed by atoms with van der Waals surface area (Å²) in [5.41, 5.74) is -0.0565. The van der Waals surface area contributed by atoms with E-state index < -0.39 is 11.6 Å². The summed E-state index contributed by atoms with van der Waals surface area (Å²) in [6.45, 7) is 8.02. The van der Waals surface area contributed by atoms with Crippen LogP contribution in [-0.2, 0) is 11.3 Å². The van der Waals surface area contributed by atoms with E-state index in [1.165, 1.54) is 6.07 Å². The molecule has 1 aromatic rings. The van der Waals surface area contributed by atoms with E-state index in [1.54, 1.807) is 11.0 Å². The molecule has 1 amide bonds. The van der Waals surface area contributed by atoms with Crippen molar-refractivity contribution in [3.63, 3.8) is 0 Å². The van der Waals surface area contributed by atoms with Crippen molar-refractivity contribution < 1.29 is 13.6 Å². The van der Waals surface area contributed by atoms with Gasteiger partial charge < -0.3 is 9.80 Å². The normalized spacial score (nSPS) is 24.7. The first-order chi connectivity index (χ1) is 11.9. The lowest BCUT2D eigenvalue weighted by Gasteiger charge is -2.39. The average molecular weight is 350 g/mol. The van der Waals surface area contributed by atoms with Gasteiger partial charge in [-0.2, -0.15) is 0 Å². The Morgan fingerprint density at radius 2 is 2.00 bits per heavy atom. The number of amides is 1. The Hall–Kier alpha value is -1.49. The number of carbonyl (C=O) groups is 1. The van der Waals surface area contributed by atoms with Gasteiger partial charge in [-0.3, -0.25) is 4.79 Å². The second kappa shape index (κ2) is 7.40. The van der Waals surface area contributed by atoms with Gasteiger partial charge in [-0.1, -0.05) is 26.0 Å². The SMILES string of the molecule is CC(C)CCN1CCC2(CCCN(Cc3cccc(F)c3F)C2=O)C1. The van der Waals surface area contributed by atoms with Crippen LogP contribution < -0.4 is 0 Å². The van der Waals surface area contributed by atoms with E-state index >= 15 is 0 Å². The van der Waals surface area contributed by atoms with Gasteiger partial charge in [-0.05, 0) is 50.8 Å². The fourth-order valence-electron chi connectivity index (χ4n) is 4.15. The van der Waals surface area contributed by atoms with Gasteiger partial charge in [0.05, 0.1) is 5.41 Å². The molecule has 25 heavy (non-hydrogen) atoms. The van der Waals surface area contributed by atoms with Crippen LogP contribution in [0.3, 0.4) is 0 Å². The summed E-state index contributed by atoms with van der Waals surface area (Å²) in [7, 11) is 0. The van der Waals surface area contributed by atoms with Crippen LogP contribution in [0.5, 0.6) is 0 Å². The summed E-state index contributed by atoms with van der Waals surface area (Å²) in [6.07, 6.45) is 3.86. The maximum absolute atomic E-state index is 14.0. The van der Waals surface area contributed by atoms with Crippen molar-refractivity contribution in [3.05, 3.63) is 35.4 Å². The largest absolute Gasteiger partial charge is 0.338 e. The monoisotopic (exact) mass is 350 g/mol. The number of nitrogens with zero attached hydrogens (tertiary/aromatic N) is 2. The molecule has 0 radical (unpaired) electrons. The zero-order chi connectivity index (χ0) is 18.0. The number of benzene rings is 1. The van der Waals surface area contributed by atoms with Crippen LogP contribution in [0.2, 0.25) is 0 Å². The van der Waals surface area contributed by atoms with E-state index in [2.05, 4.69) is 18.7 Å². The van der Waals surface area contributed by atoms with E-state index in [1.807, 2.05) is 0 Å². The Morgan fingerprint density at radius 3 is 2.76 bits per heavy atom. The number of likely N-dealkylation sites (tertiary alicyclic amines) is 2. The third-order valence-electron chi connectivity index (χ3n) is 5.67. The Kier molecular flexibility index (Phi) is 5.42. The van der Waals surface area contributed by atoms with E-state index in [4.69, 9.17) is 0 Å². The molecule has 0 aromatic heterocycles. The Balaban J connectivity index is 1.68. The molecule has 0 saturated carbocycles. The van der Waals surface area contributed by atoms with Crippen molar-refractivity contribution >= 4 is 5.91 Å². The summed E-state index contributed by atoms with van der Waals surface area (Å²) >= 11 is 0. The lowest BCUT2D eigenvalue weighted by molar-refractivity contribution is -0.146. The van der Waals surface area contributed by atoms with Gasteiger partial charge in [0, 0.05) is 25.2 Å². The third kappa shape index (κ3) is 3.86. The topological polar surface area (TPSA) is 23.6 Å². The van der Waals surface area contributed by atoms with Crippen LogP contribution in [0.15, 0.2) is 18.2 Å². The van der Waals surface area contributed by atoms with E-state index in [0.717, 1.165) is 51.4 Å². The highest BCUT2D eigenvalue weighted by Crippen LogP contribution is 2.40. The van der Waals surface area contributed by atoms with Crippen LogP contribution in [0.25, 0.3) is 0 Å². The molecule has 1 spiro atoms. The molecule has 2 heterocycles. The van der Waals surface area contributed by atoms with Crippen molar-refractivity contribution in [2.75, 3.05) is 26.2 Å². The second-order valence-corrected chi connectivity index (χ2v) is 8.03. The summed E-state index contributed by atoms with van der Waals surface area (Å²) in [5, 5.41) is 0. The summed E-state index contributed by atoms with van der Waals surface area (Å²) < 4.78 is 27.4. The first-order valence-corrected chi connectivity index (χ1v) is 9.36. The van der Waals surface area contributed by atoms with Crippen molar-refractivity contribution in [2.45, 2.75) is 46.1 Å². The maximum atomic E-state index is 14.0. The van der Waals surface area contributed by atoms with Crippen LogP contribution in [0, 0.1) is 23.0 Å². The fourth-order valence-corrected chi connectivity index (χ4v) is 4.15. The quantitative estimate of drug-likeness (QED) is 0.806. The first kappa shape index (κ1) is 18.3. The molecule has 2 aliphatic rings. The number of carbonyl (C=O) groups excluding carboxylic acids is 1. The molecule has 1 atom stereocenters. The molecule has 2 saturated heterocycles. The van der Waals surface area contributed by atoms with Gasteiger partial charge in [0.25, 0.3) is 0 Å². The van der Waals surface area contributed by atoms with Crippen molar-refractivity contribution in [1.82, 2.24) is 9.80 Å². The standard InChI is InChI=1S/C20H28F2N2O/c1-15(2)7-11-23-12-9-20(14-23)8-4-10-24(19(20)25)13-16-5-3-6-17(21)18(16)22/h3,5-6,15H,4,7-14H2,1-2H3. The van der Waals surface area contributed by atoms with Gasteiger partial charge in [0.1, 0.15) is 0 Å². The highest BCUT2D eigenvalue weighted by Gasteiger charge is 2.48. The van der Waals surface area contributed by atoms with E-state index in [0.29, 0.717) is 12.5 Å². The summed E-state index contributed by atoms with van der Waals surface area (Å²) in [6, 6.07) is 4.18. The number of piperidine rings is 1. The van der Waals surface area contributed by atoms with Crippen LogP contribution in [0.4, 0.5) is 8.78 Å². The predicted octanol–water partition coefficient (Wildman–Crippen LogP) is 3.83. The Labute approximate surface area is 149 Å². The van der Waals surface area contributed by atoms with Crippen molar-refractivity contribution in [1.29, 1.82) is 0 Å². The number of halogens is 2. The predicted molar refractivity (Wildman–Crippen MR) is 94.0 cm³/mol. The molecular formula is C20H28F2N2O. The molecule has 2 aliphatic heterocycles. The lowest BCUT2D eigenvalue weighted by atomic mass is 9.78. The van der Waals surface area contributed by atoms with Gasteiger partial charge >= 0.3 is 0 Å².